The van der Waals surface area contributed by atoms with E-state index in [0.717, 1.165) is 17.7 Å². The monoisotopic (exact) mass is 490 g/mol. The van der Waals surface area contributed by atoms with Gasteiger partial charge in [0.1, 0.15) is 11.6 Å². The average molecular weight is 491 g/mol. The Labute approximate surface area is 206 Å². The standard InChI is InChI=1S/C27H24F2N4O3/c1-17-2-7-21(8-3-17)33-26(35)22-9-5-18(14-24(22)31-27(33)32-10-12-36-13-11-32)25(34)30-16-19-4-6-20(28)15-23(19)29/h2-9,14-15H,10-13,16H2,1H3,(H,30,34). The number of carbonyl (C=O) groups is 1. The molecule has 1 aliphatic rings. The summed E-state index contributed by atoms with van der Waals surface area (Å²) in [7, 11) is 0. The second-order valence-corrected chi connectivity index (χ2v) is 8.64. The minimum absolute atomic E-state index is 0.107. The second-order valence-electron chi connectivity index (χ2n) is 8.64. The van der Waals surface area contributed by atoms with Crippen LogP contribution in [0.4, 0.5) is 14.7 Å². The van der Waals surface area contributed by atoms with Gasteiger partial charge in [-0.15, -0.1) is 0 Å². The molecule has 9 heteroatoms. The number of hydrogen-bond acceptors (Lipinski definition) is 5. The van der Waals surface area contributed by atoms with Crippen molar-refractivity contribution in [3.63, 3.8) is 0 Å². The van der Waals surface area contributed by atoms with E-state index in [1.54, 1.807) is 16.7 Å². The van der Waals surface area contributed by atoms with E-state index in [9.17, 15) is 18.4 Å². The van der Waals surface area contributed by atoms with E-state index in [1.165, 1.54) is 12.1 Å². The van der Waals surface area contributed by atoms with Crippen LogP contribution in [-0.4, -0.2) is 41.8 Å². The zero-order valence-corrected chi connectivity index (χ0v) is 19.6. The van der Waals surface area contributed by atoms with Gasteiger partial charge in [-0.1, -0.05) is 23.8 Å². The lowest BCUT2D eigenvalue weighted by Gasteiger charge is -2.30. The number of rotatable bonds is 5. The van der Waals surface area contributed by atoms with Gasteiger partial charge < -0.3 is 15.0 Å². The Morgan fingerprint density at radius 1 is 1.03 bits per heavy atom. The highest BCUT2D eigenvalue weighted by atomic mass is 19.1. The molecule has 0 aliphatic carbocycles. The van der Waals surface area contributed by atoms with Crippen LogP contribution >= 0.6 is 0 Å². The predicted molar refractivity (Wildman–Crippen MR) is 133 cm³/mol. The highest BCUT2D eigenvalue weighted by Gasteiger charge is 2.21. The zero-order valence-electron chi connectivity index (χ0n) is 19.6. The number of nitrogens with one attached hydrogen (secondary N) is 1. The van der Waals surface area contributed by atoms with Crippen molar-refractivity contribution in [2.45, 2.75) is 13.5 Å². The maximum absolute atomic E-state index is 13.9. The molecule has 0 radical (unpaired) electrons. The summed E-state index contributed by atoms with van der Waals surface area (Å²) in [5, 5.41) is 3.01. The fourth-order valence-electron chi connectivity index (χ4n) is 4.16. The molecular weight excluding hydrogens is 466 g/mol. The van der Waals surface area contributed by atoms with Gasteiger partial charge in [0.2, 0.25) is 5.95 Å². The third kappa shape index (κ3) is 4.70. The molecule has 1 saturated heterocycles. The maximum Gasteiger partial charge on any atom is 0.267 e. The Balaban J connectivity index is 1.52. The third-order valence-corrected chi connectivity index (χ3v) is 6.15. The number of aryl methyl sites for hydroxylation is 1. The van der Waals surface area contributed by atoms with E-state index in [1.807, 2.05) is 36.1 Å². The first-order valence-corrected chi connectivity index (χ1v) is 11.6. The van der Waals surface area contributed by atoms with Gasteiger partial charge in [0, 0.05) is 36.8 Å². The summed E-state index contributed by atoms with van der Waals surface area (Å²) in [6.45, 7) is 4.06. The Morgan fingerprint density at radius 2 is 1.78 bits per heavy atom. The van der Waals surface area contributed by atoms with Crippen LogP contribution < -0.4 is 15.8 Å². The molecule has 0 atom stereocenters. The number of morpholine rings is 1. The fraction of sp³-hybridized carbons (Fsp3) is 0.222. The number of carbonyl (C=O) groups excluding carboxylic acids is 1. The SMILES string of the molecule is Cc1ccc(-n2c(N3CCOCC3)nc3cc(C(=O)NCc4ccc(F)cc4F)ccc3c2=O)cc1. The van der Waals surface area contributed by atoms with Gasteiger partial charge in [-0.05, 0) is 43.3 Å². The summed E-state index contributed by atoms with van der Waals surface area (Å²) < 4.78 is 34.1. The first-order chi connectivity index (χ1) is 17.4. The van der Waals surface area contributed by atoms with Crippen LogP contribution in [0, 0.1) is 18.6 Å². The molecule has 0 unspecified atom stereocenters. The third-order valence-electron chi connectivity index (χ3n) is 6.15. The zero-order chi connectivity index (χ0) is 25.2. The number of benzene rings is 3. The number of anilines is 1. The average Bonchev–Trinajstić information content (AvgIpc) is 2.89. The summed E-state index contributed by atoms with van der Waals surface area (Å²) in [5.41, 5.74) is 2.35. The van der Waals surface area contributed by atoms with Crippen LogP contribution in [0.15, 0.2) is 65.5 Å². The highest BCUT2D eigenvalue weighted by molar-refractivity contribution is 5.97. The number of fused-ring (bicyclic) bond motifs is 1. The topological polar surface area (TPSA) is 76.5 Å². The van der Waals surface area contributed by atoms with Crippen molar-refractivity contribution in [2.24, 2.45) is 0 Å². The van der Waals surface area contributed by atoms with Crippen molar-refractivity contribution < 1.29 is 18.3 Å². The van der Waals surface area contributed by atoms with E-state index in [0.29, 0.717) is 48.8 Å². The Kier molecular flexibility index (Phi) is 6.47. The van der Waals surface area contributed by atoms with Crippen LogP contribution in [0.5, 0.6) is 0 Å². The van der Waals surface area contributed by atoms with Gasteiger partial charge in [-0.3, -0.25) is 9.59 Å². The molecular formula is C27H24F2N4O3. The van der Waals surface area contributed by atoms with Gasteiger partial charge >= 0.3 is 0 Å². The van der Waals surface area contributed by atoms with E-state index in [-0.39, 0.29) is 23.2 Å². The molecule has 184 valence electrons. The van der Waals surface area contributed by atoms with Gasteiger partial charge in [-0.25, -0.2) is 18.3 Å². The van der Waals surface area contributed by atoms with E-state index in [2.05, 4.69) is 5.32 Å². The molecule has 7 nitrogen and oxygen atoms in total. The summed E-state index contributed by atoms with van der Waals surface area (Å²) in [6, 6.07) is 15.5. The van der Waals surface area contributed by atoms with Crippen molar-refractivity contribution in [3.05, 3.63) is 99.3 Å². The highest BCUT2D eigenvalue weighted by Crippen LogP contribution is 2.22. The molecule has 0 saturated carbocycles. The maximum atomic E-state index is 13.9. The Hall–Kier alpha value is -4.11. The van der Waals surface area contributed by atoms with Crippen molar-refractivity contribution in [3.8, 4) is 5.69 Å². The van der Waals surface area contributed by atoms with Crippen LogP contribution in [0.25, 0.3) is 16.6 Å². The van der Waals surface area contributed by atoms with Gasteiger partial charge in [-0.2, -0.15) is 0 Å². The molecule has 4 aromatic rings. The predicted octanol–water partition coefficient (Wildman–Crippen LogP) is 3.74. The molecule has 3 aromatic carbocycles. The molecule has 0 spiro atoms. The lowest BCUT2D eigenvalue weighted by molar-refractivity contribution is 0.0950. The van der Waals surface area contributed by atoms with Gasteiger partial charge in [0.25, 0.3) is 11.5 Å². The minimum Gasteiger partial charge on any atom is -0.378 e. The molecule has 1 aromatic heterocycles. The summed E-state index contributed by atoms with van der Waals surface area (Å²) in [6.07, 6.45) is 0. The number of aromatic nitrogens is 2. The number of hydrogen-bond donors (Lipinski definition) is 1. The molecule has 1 aliphatic heterocycles. The Morgan fingerprint density at radius 3 is 2.50 bits per heavy atom. The summed E-state index contributed by atoms with van der Waals surface area (Å²) in [5.74, 6) is -1.40. The minimum atomic E-state index is -0.734. The second kappa shape index (κ2) is 9.87. The molecule has 1 amide bonds. The van der Waals surface area contributed by atoms with Crippen molar-refractivity contribution in [1.29, 1.82) is 0 Å². The van der Waals surface area contributed by atoms with Gasteiger partial charge in [0.05, 0.1) is 29.8 Å². The van der Waals surface area contributed by atoms with Gasteiger partial charge in [0.15, 0.2) is 0 Å². The first-order valence-electron chi connectivity index (χ1n) is 11.6. The van der Waals surface area contributed by atoms with Crippen LogP contribution in [0.3, 0.4) is 0 Å². The van der Waals surface area contributed by atoms with Crippen molar-refractivity contribution in [1.82, 2.24) is 14.9 Å². The summed E-state index contributed by atoms with van der Waals surface area (Å²) >= 11 is 0. The van der Waals surface area contributed by atoms with Crippen molar-refractivity contribution >= 4 is 22.8 Å². The largest absolute Gasteiger partial charge is 0.378 e. The molecule has 1 fully saturated rings. The molecule has 2 heterocycles. The number of halogens is 2. The lowest BCUT2D eigenvalue weighted by atomic mass is 10.1. The molecule has 0 bridgehead atoms. The summed E-state index contributed by atoms with van der Waals surface area (Å²) in [4.78, 5) is 33.2. The van der Waals surface area contributed by atoms with E-state index >= 15 is 0 Å². The first kappa shape index (κ1) is 23.6. The smallest absolute Gasteiger partial charge is 0.267 e. The van der Waals surface area contributed by atoms with Crippen molar-refractivity contribution in [2.75, 3.05) is 31.2 Å². The van der Waals surface area contributed by atoms with E-state index < -0.39 is 17.5 Å². The molecule has 36 heavy (non-hydrogen) atoms. The van der Waals surface area contributed by atoms with Crippen LogP contribution in [-0.2, 0) is 11.3 Å². The number of nitrogens with zero attached hydrogens (tertiary/aromatic N) is 3. The molecule has 5 rings (SSSR count). The van der Waals surface area contributed by atoms with E-state index in [4.69, 9.17) is 9.72 Å². The lowest BCUT2D eigenvalue weighted by Crippen LogP contribution is -2.40. The Bertz CT molecular complexity index is 1500. The fourth-order valence-corrected chi connectivity index (χ4v) is 4.16. The van der Waals surface area contributed by atoms with Crippen LogP contribution in [0.2, 0.25) is 0 Å². The van der Waals surface area contributed by atoms with Crippen LogP contribution in [0.1, 0.15) is 21.5 Å². The molecule has 1 N–H and O–H groups in total. The number of ether oxygens (including phenoxy) is 1. The normalized spacial score (nSPS) is 13.7. The quantitative estimate of drug-likeness (QED) is 0.461. The number of amides is 1.